The second-order valence-electron chi connectivity index (χ2n) is 2.49. The van der Waals surface area contributed by atoms with Crippen molar-refractivity contribution in [3.05, 3.63) is 18.2 Å². The molecule has 0 radical (unpaired) electrons. The van der Waals surface area contributed by atoms with E-state index in [1.165, 1.54) is 0 Å². The molecular formula is C7H8N2O2. The minimum absolute atomic E-state index is 0.133. The number of carbonyl (C=O) groups excluding carboxylic acids is 1. The molecule has 11 heavy (non-hydrogen) atoms. The van der Waals surface area contributed by atoms with Gasteiger partial charge in [-0.25, -0.2) is 4.98 Å². The Morgan fingerprint density at radius 1 is 1.73 bits per heavy atom. The molecule has 1 aliphatic heterocycles. The molecule has 1 aromatic heterocycles. The molecule has 4 heteroatoms. The molecule has 0 bridgehead atoms. The third-order valence-corrected chi connectivity index (χ3v) is 1.71. The number of aromatic nitrogens is 2. The lowest BCUT2D eigenvalue weighted by Gasteiger charge is -2.03. The Balaban J connectivity index is 2.13. The number of ether oxygens (including phenoxy) is 1. The van der Waals surface area contributed by atoms with Crippen LogP contribution in [0.15, 0.2) is 12.4 Å². The number of carbonyl (C=O) groups is 1. The van der Waals surface area contributed by atoms with Gasteiger partial charge < -0.3 is 9.72 Å². The van der Waals surface area contributed by atoms with E-state index >= 15 is 0 Å². The minimum atomic E-state index is -0.141. The van der Waals surface area contributed by atoms with Crippen LogP contribution in [-0.4, -0.2) is 15.9 Å². The molecule has 1 fully saturated rings. The average Bonchev–Trinajstić information content (AvgIpc) is 2.55. The number of cyclic esters (lactones) is 1. The molecule has 2 heterocycles. The van der Waals surface area contributed by atoms with E-state index in [0.29, 0.717) is 6.42 Å². The summed E-state index contributed by atoms with van der Waals surface area (Å²) in [5.41, 5.74) is 0. The van der Waals surface area contributed by atoms with Crippen molar-refractivity contribution in [3.63, 3.8) is 0 Å². The van der Waals surface area contributed by atoms with Crippen molar-refractivity contribution in [3.8, 4) is 0 Å². The van der Waals surface area contributed by atoms with E-state index in [2.05, 4.69) is 9.97 Å². The van der Waals surface area contributed by atoms with Crippen LogP contribution >= 0.6 is 0 Å². The maximum atomic E-state index is 10.7. The highest BCUT2D eigenvalue weighted by Gasteiger charge is 2.26. The highest BCUT2D eigenvalue weighted by molar-refractivity contribution is 5.71. The number of hydrogen-bond donors (Lipinski definition) is 1. The van der Waals surface area contributed by atoms with Crippen molar-refractivity contribution in [2.75, 3.05) is 0 Å². The lowest BCUT2D eigenvalue weighted by atomic mass is 10.2. The van der Waals surface area contributed by atoms with E-state index in [0.717, 1.165) is 12.2 Å². The number of nitrogens with zero attached hydrogens (tertiary/aromatic N) is 1. The first-order valence-electron chi connectivity index (χ1n) is 3.55. The Bertz CT molecular complexity index is 255. The van der Waals surface area contributed by atoms with Gasteiger partial charge in [-0.05, 0) is 0 Å². The molecule has 1 unspecified atom stereocenters. The van der Waals surface area contributed by atoms with Gasteiger partial charge in [0.15, 0.2) is 6.10 Å². The van der Waals surface area contributed by atoms with Crippen LogP contribution in [0.3, 0.4) is 0 Å². The number of nitrogens with one attached hydrogen (secondary N) is 1. The number of hydrogen-bond acceptors (Lipinski definition) is 3. The molecule has 0 amide bonds. The number of aromatic amines is 1. The van der Waals surface area contributed by atoms with E-state index in [-0.39, 0.29) is 12.1 Å². The summed E-state index contributed by atoms with van der Waals surface area (Å²) < 4.78 is 4.97. The van der Waals surface area contributed by atoms with Crippen LogP contribution in [0.4, 0.5) is 0 Å². The van der Waals surface area contributed by atoms with Gasteiger partial charge in [-0.2, -0.15) is 0 Å². The molecule has 1 atom stereocenters. The lowest BCUT2D eigenvalue weighted by Crippen LogP contribution is -2.00. The van der Waals surface area contributed by atoms with Crippen molar-refractivity contribution >= 4 is 5.97 Å². The molecular weight excluding hydrogens is 144 g/mol. The summed E-state index contributed by atoms with van der Waals surface area (Å²) in [6, 6.07) is 0. The highest BCUT2D eigenvalue weighted by atomic mass is 16.5. The monoisotopic (exact) mass is 152 g/mol. The molecule has 1 N–H and O–H groups in total. The summed E-state index contributed by atoms with van der Waals surface area (Å²) in [4.78, 5) is 17.6. The molecule has 58 valence electrons. The Labute approximate surface area is 63.6 Å². The summed E-state index contributed by atoms with van der Waals surface area (Å²) in [5, 5.41) is 0. The summed E-state index contributed by atoms with van der Waals surface area (Å²) >= 11 is 0. The van der Waals surface area contributed by atoms with Crippen molar-refractivity contribution in [1.29, 1.82) is 0 Å². The third kappa shape index (κ3) is 1.11. The standard InChI is InChI=1S/C7H8N2O2/c10-6-2-1-5(11-6)7-8-3-4-9-7/h3-5H,1-2H2,(H,8,9). The van der Waals surface area contributed by atoms with Crippen LogP contribution < -0.4 is 0 Å². The number of esters is 1. The van der Waals surface area contributed by atoms with E-state index in [4.69, 9.17) is 4.74 Å². The molecule has 4 nitrogen and oxygen atoms in total. The van der Waals surface area contributed by atoms with E-state index in [1.807, 2.05) is 0 Å². The SMILES string of the molecule is O=C1CCC(c2ncc[nH]2)O1. The van der Waals surface area contributed by atoms with Gasteiger partial charge in [-0.1, -0.05) is 0 Å². The lowest BCUT2D eigenvalue weighted by molar-refractivity contribution is -0.141. The Kier molecular flexibility index (Phi) is 1.38. The topological polar surface area (TPSA) is 55.0 Å². The molecule has 0 spiro atoms. The normalized spacial score (nSPS) is 23.6. The summed E-state index contributed by atoms with van der Waals surface area (Å²) in [5.74, 6) is 0.613. The van der Waals surface area contributed by atoms with Crippen LogP contribution in [0, 0.1) is 0 Å². The van der Waals surface area contributed by atoms with Crippen molar-refractivity contribution < 1.29 is 9.53 Å². The van der Waals surface area contributed by atoms with Crippen LogP contribution in [0.5, 0.6) is 0 Å². The smallest absolute Gasteiger partial charge is 0.306 e. The second-order valence-corrected chi connectivity index (χ2v) is 2.49. The van der Waals surface area contributed by atoms with Crippen LogP contribution in [0.25, 0.3) is 0 Å². The maximum absolute atomic E-state index is 10.7. The zero-order valence-electron chi connectivity index (χ0n) is 5.91. The molecule has 0 aromatic carbocycles. The van der Waals surface area contributed by atoms with Gasteiger partial charge in [0.25, 0.3) is 0 Å². The number of imidazole rings is 1. The Hall–Kier alpha value is -1.32. The zero-order chi connectivity index (χ0) is 7.68. The van der Waals surface area contributed by atoms with Gasteiger partial charge in [0.2, 0.25) is 0 Å². The molecule has 2 rings (SSSR count). The zero-order valence-corrected chi connectivity index (χ0v) is 5.91. The van der Waals surface area contributed by atoms with Crippen LogP contribution in [0.2, 0.25) is 0 Å². The molecule has 1 aromatic rings. The first-order chi connectivity index (χ1) is 5.36. The molecule has 1 saturated heterocycles. The second kappa shape index (κ2) is 2.38. The predicted molar refractivity (Wildman–Crippen MR) is 36.7 cm³/mol. The van der Waals surface area contributed by atoms with Gasteiger partial charge >= 0.3 is 5.97 Å². The van der Waals surface area contributed by atoms with E-state index in [1.54, 1.807) is 12.4 Å². The Morgan fingerprint density at radius 3 is 3.18 bits per heavy atom. The molecule has 0 aliphatic carbocycles. The third-order valence-electron chi connectivity index (χ3n) is 1.71. The first kappa shape index (κ1) is 6.39. The van der Waals surface area contributed by atoms with Crippen molar-refractivity contribution in [2.45, 2.75) is 18.9 Å². The average molecular weight is 152 g/mol. The van der Waals surface area contributed by atoms with Crippen molar-refractivity contribution in [1.82, 2.24) is 9.97 Å². The predicted octanol–water partition coefficient (Wildman–Crippen LogP) is 0.788. The van der Waals surface area contributed by atoms with Gasteiger partial charge in [0.05, 0.1) is 0 Å². The Morgan fingerprint density at radius 2 is 2.64 bits per heavy atom. The van der Waals surface area contributed by atoms with Gasteiger partial charge in [-0.15, -0.1) is 0 Å². The fraction of sp³-hybridized carbons (Fsp3) is 0.429. The quantitative estimate of drug-likeness (QED) is 0.605. The van der Waals surface area contributed by atoms with Crippen LogP contribution in [-0.2, 0) is 9.53 Å². The van der Waals surface area contributed by atoms with Gasteiger partial charge in [0, 0.05) is 25.2 Å². The first-order valence-corrected chi connectivity index (χ1v) is 3.55. The minimum Gasteiger partial charge on any atom is -0.454 e. The molecule has 0 saturated carbocycles. The fourth-order valence-corrected chi connectivity index (χ4v) is 1.17. The van der Waals surface area contributed by atoms with Gasteiger partial charge in [0.1, 0.15) is 5.82 Å². The molecule has 1 aliphatic rings. The fourth-order valence-electron chi connectivity index (χ4n) is 1.17. The maximum Gasteiger partial charge on any atom is 0.306 e. The highest BCUT2D eigenvalue weighted by Crippen LogP contribution is 2.26. The van der Waals surface area contributed by atoms with Crippen molar-refractivity contribution in [2.24, 2.45) is 0 Å². The summed E-state index contributed by atoms with van der Waals surface area (Å²) in [6.07, 6.45) is 4.48. The van der Waals surface area contributed by atoms with Crippen LogP contribution in [0.1, 0.15) is 24.8 Å². The van der Waals surface area contributed by atoms with Gasteiger partial charge in [-0.3, -0.25) is 4.79 Å². The largest absolute Gasteiger partial charge is 0.454 e. The number of rotatable bonds is 1. The number of H-pyrrole nitrogens is 1. The summed E-state index contributed by atoms with van der Waals surface area (Å²) in [6.45, 7) is 0. The van der Waals surface area contributed by atoms with E-state index < -0.39 is 0 Å². The van der Waals surface area contributed by atoms with E-state index in [9.17, 15) is 4.79 Å². The summed E-state index contributed by atoms with van der Waals surface area (Å²) in [7, 11) is 0.